The molecule has 7 heteroatoms. The van der Waals surface area contributed by atoms with Crippen molar-refractivity contribution in [1.29, 1.82) is 0 Å². The van der Waals surface area contributed by atoms with Crippen LogP contribution in [0.2, 0.25) is 0 Å². The van der Waals surface area contributed by atoms with E-state index in [1.807, 2.05) is 23.8 Å². The summed E-state index contributed by atoms with van der Waals surface area (Å²) in [6, 6.07) is 0.246. The Balaban J connectivity index is 1.70. The van der Waals surface area contributed by atoms with Crippen LogP contribution < -0.4 is 10.2 Å². The summed E-state index contributed by atoms with van der Waals surface area (Å²) in [6.45, 7) is 11.9. The van der Waals surface area contributed by atoms with Gasteiger partial charge in [-0.2, -0.15) is 0 Å². The maximum atomic E-state index is 11.9. The summed E-state index contributed by atoms with van der Waals surface area (Å²) >= 11 is 1.27. The number of aryl methyl sites for hydroxylation is 1. The highest BCUT2D eigenvalue weighted by atomic mass is 32.1. The minimum atomic E-state index is 0.119. The van der Waals surface area contributed by atoms with E-state index < -0.39 is 0 Å². The average molecular weight is 340 g/mol. The van der Waals surface area contributed by atoms with Crippen molar-refractivity contribution < 1.29 is 4.79 Å². The quantitative estimate of drug-likeness (QED) is 0.796. The summed E-state index contributed by atoms with van der Waals surface area (Å²) in [5.74, 6) is 0.119. The van der Waals surface area contributed by atoms with Gasteiger partial charge >= 0.3 is 4.87 Å². The molecule has 1 aliphatic heterocycles. The summed E-state index contributed by atoms with van der Waals surface area (Å²) in [7, 11) is 0. The number of carbonyl (C=O) groups is 1. The van der Waals surface area contributed by atoms with E-state index in [4.69, 9.17) is 0 Å². The smallest absolute Gasteiger partial charge is 0.307 e. The Bertz CT molecular complexity index is 561. The Kier molecular flexibility index (Phi) is 6.80. The number of hydrogen-bond acceptors (Lipinski definition) is 5. The highest BCUT2D eigenvalue weighted by Crippen LogP contribution is 2.04. The van der Waals surface area contributed by atoms with Gasteiger partial charge in [0.05, 0.1) is 6.54 Å². The molecular weight excluding hydrogens is 312 g/mol. The first-order chi connectivity index (χ1) is 11.0. The van der Waals surface area contributed by atoms with Gasteiger partial charge in [-0.15, -0.1) is 0 Å². The summed E-state index contributed by atoms with van der Waals surface area (Å²) < 4.78 is 1.84. The molecule has 1 atom stereocenters. The third kappa shape index (κ3) is 5.44. The van der Waals surface area contributed by atoms with Crippen molar-refractivity contribution in [2.45, 2.75) is 39.8 Å². The Morgan fingerprint density at radius 3 is 2.48 bits per heavy atom. The van der Waals surface area contributed by atoms with Crippen LogP contribution in [0.15, 0.2) is 10.2 Å². The number of thiazole rings is 1. The summed E-state index contributed by atoms with van der Waals surface area (Å²) in [4.78, 5) is 28.3. The number of rotatable bonds is 7. The lowest BCUT2D eigenvalue weighted by atomic mass is 10.2. The van der Waals surface area contributed by atoms with Crippen LogP contribution >= 0.6 is 11.3 Å². The normalized spacial score (nSPS) is 18.0. The van der Waals surface area contributed by atoms with Crippen LogP contribution in [-0.4, -0.2) is 65.6 Å². The fraction of sp³-hybridized carbons (Fsp3) is 0.750. The highest BCUT2D eigenvalue weighted by Gasteiger charge is 2.19. The molecule has 1 N–H and O–H groups in total. The number of amides is 1. The number of aromatic nitrogens is 1. The van der Waals surface area contributed by atoms with Crippen LogP contribution in [0.25, 0.3) is 0 Å². The van der Waals surface area contributed by atoms with Gasteiger partial charge in [-0.05, 0) is 20.3 Å². The first-order valence-electron chi connectivity index (χ1n) is 8.38. The van der Waals surface area contributed by atoms with Gasteiger partial charge in [0.15, 0.2) is 0 Å². The minimum Gasteiger partial charge on any atom is -0.353 e. The standard InChI is InChI=1S/C16H28N4O2S/c1-4-13(2)17-15(21)11-19-7-5-18(6-8-19)9-10-20-14(3)12-23-16(20)22/h12-13H,4-11H2,1-3H3,(H,17,21). The number of nitrogens with one attached hydrogen (secondary N) is 1. The average Bonchev–Trinajstić information content (AvgIpc) is 2.85. The van der Waals surface area contributed by atoms with E-state index in [2.05, 4.69) is 22.0 Å². The topological polar surface area (TPSA) is 57.6 Å². The maximum Gasteiger partial charge on any atom is 0.307 e. The Labute approximate surface area is 142 Å². The first-order valence-corrected chi connectivity index (χ1v) is 9.26. The van der Waals surface area contributed by atoms with E-state index in [0.717, 1.165) is 51.4 Å². The monoisotopic (exact) mass is 340 g/mol. The van der Waals surface area contributed by atoms with Crippen molar-refractivity contribution >= 4 is 17.2 Å². The van der Waals surface area contributed by atoms with E-state index in [-0.39, 0.29) is 16.8 Å². The molecular formula is C16H28N4O2S. The molecule has 1 aromatic rings. The van der Waals surface area contributed by atoms with Gasteiger partial charge < -0.3 is 9.88 Å². The van der Waals surface area contributed by atoms with E-state index in [1.165, 1.54) is 11.3 Å². The number of hydrogen-bond donors (Lipinski definition) is 1. The van der Waals surface area contributed by atoms with Crippen molar-refractivity contribution in [3.05, 3.63) is 20.7 Å². The summed E-state index contributed by atoms with van der Waals surface area (Å²) in [5, 5.41) is 4.93. The molecule has 130 valence electrons. The maximum absolute atomic E-state index is 11.9. The third-order valence-electron chi connectivity index (χ3n) is 4.47. The largest absolute Gasteiger partial charge is 0.353 e. The molecule has 0 radical (unpaired) electrons. The molecule has 6 nitrogen and oxygen atoms in total. The Morgan fingerprint density at radius 1 is 1.26 bits per heavy atom. The Hall–Kier alpha value is -1.18. The van der Waals surface area contributed by atoms with Crippen LogP contribution in [0.5, 0.6) is 0 Å². The van der Waals surface area contributed by atoms with Crippen molar-refractivity contribution in [1.82, 2.24) is 19.7 Å². The number of piperazine rings is 1. The van der Waals surface area contributed by atoms with E-state index in [9.17, 15) is 9.59 Å². The second-order valence-electron chi connectivity index (χ2n) is 6.29. The second kappa shape index (κ2) is 8.61. The van der Waals surface area contributed by atoms with Crippen LogP contribution in [0.1, 0.15) is 26.0 Å². The lowest BCUT2D eigenvalue weighted by Gasteiger charge is -2.34. The van der Waals surface area contributed by atoms with Gasteiger partial charge in [0.2, 0.25) is 5.91 Å². The fourth-order valence-corrected chi connectivity index (χ4v) is 3.47. The molecule has 0 spiro atoms. The third-order valence-corrected chi connectivity index (χ3v) is 5.35. The minimum absolute atomic E-state index is 0.119. The lowest BCUT2D eigenvalue weighted by Crippen LogP contribution is -2.50. The zero-order valence-electron chi connectivity index (χ0n) is 14.4. The van der Waals surface area contributed by atoms with Gasteiger partial charge in [-0.1, -0.05) is 18.3 Å². The van der Waals surface area contributed by atoms with Gasteiger partial charge in [-0.3, -0.25) is 19.4 Å². The molecule has 1 fully saturated rings. The second-order valence-corrected chi connectivity index (χ2v) is 7.11. The number of nitrogens with zero attached hydrogens (tertiary/aromatic N) is 3. The van der Waals surface area contributed by atoms with Gasteiger partial charge in [0.1, 0.15) is 0 Å². The van der Waals surface area contributed by atoms with Gasteiger partial charge in [-0.25, -0.2) is 0 Å². The predicted molar refractivity (Wildman–Crippen MR) is 94.1 cm³/mol. The molecule has 1 unspecified atom stereocenters. The van der Waals surface area contributed by atoms with Crippen LogP contribution in [0.4, 0.5) is 0 Å². The highest BCUT2D eigenvalue weighted by molar-refractivity contribution is 7.07. The summed E-state index contributed by atoms with van der Waals surface area (Å²) in [5.41, 5.74) is 1.04. The van der Waals surface area contributed by atoms with E-state index >= 15 is 0 Å². The molecule has 2 heterocycles. The molecule has 23 heavy (non-hydrogen) atoms. The van der Waals surface area contributed by atoms with Crippen LogP contribution in [0, 0.1) is 6.92 Å². The fourth-order valence-electron chi connectivity index (χ4n) is 2.71. The molecule has 0 aliphatic carbocycles. The van der Waals surface area contributed by atoms with Crippen molar-refractivity contribution in [2.24, 2.45) is 0 Å². The molecule has 0 aromatic carbocycles. The van der Waals surface area contributed by atoms with Crippen molar-refractivity contribution in [3.63, 3.8) is 0 Å². The molecule has 1 aliphatic rings. The molecule has 0 saturated carbocycles. The molecule has 1 amide bonds. The predicted octanol–water partition coefficient (Wildman–Crippen LogP) is 0.751. The van der Waals surface area contributed by atoms with E-state index in [1.54, 1.807) is 0 Å². The lowest BCUT2D eigenvalue weighted by molar-refractivity contribution is -0.123. The molecule has 0 bridgehead atoms. The van der Waals surface area contributed by atoms with Crippen molar-refractivity contribution in [2.75, 3.05) is 39.3 Å². The van der Waals surface area contributed by atoms with Crippen LogP contribution in [-0.2, 0) is 11.3 Å². The zero-order chi connectivity index (χ0) is 16.8. The molecule has 2 rings (SSSR count). The molecule has 1 aromatic heterocycles. The van der Waals surface area contributed by atoms with Gasteiger partial charge in [0.25, 0.3) is 0 Å². The van der Waals surface area contributed by atoms with E-state index in [0.29, 0.717) is 6.54 Å². The van der Waals surface area contributed by atoms with Crippen LogP contribution in [0.3, 0.4) is 0 Å². The first kappa shape index (κ1) is 18.2. The summed E-state index contributed by atoms with van der Waals surface area (Å²) in [6.07, 6.45) is 0.959. The molecule has 1 saturated heterocycles. The SMILES string of the molecule is CCC(C)NC(=O)CN1CCN(CCn2c(C)csc2=O)CC1. The van der Waals surface area contributed by atoms with Gasteiger partial charge in [0, 0.05) is 56.4 Å². The zero-order valence-corrected chi connectivity index (χ0v) is 15.2. The number of carbonyl (C=O) groups excluding carboxylic acids is 1. The Morgan fingerprint density at radius 2 is 1.91 bits per heavy atom. The van der Waals surface area contributed by atoms with Crippen molar-refractivity contribution in [3.8, 4) is 0 Å².